The van der Waals surface area contributed by atoms with Crippen LogP contribution in [-0.2, 0) is 19.6 Å². The summed E-state index contributed by atoms with van der Waals surface area (Å²) >= 11 is 7.14. The second-order valence-corrected chi connectivity index (χ2v) is 9.45. The van der Waals surface area contributed by atoms with Gasteiger partial charge in [0.1, 0.15) is 0 Å². The smallest absolute Gasteiger partial charge is 0.240 e. The maximum atomic E-state index is 12.2. The van der Waals surface area contributed by atoms with Gasteiger partial charge in [0.2, 0.25) is 21.8 Å². The van der Waals surface area contributed by atoms with Crippen molar-refractivity contribution in [1.29, 1.82) is 0 Å². The molecule has 3 rings (SSSR count). The number of para-hydroxylation sites is 1. The van der Waals surface area contributed by atoms with E-state index >= 15 is 0 Å². The van der Waals surface area contributed by atoms with Crippen molar-refractivity contribution in [3.63, 3.8) is 0 Å². The van der Waals surface area contributed by atoms with Crippen molar-refractivity contribution in [3.8, 4) is 0 Å². The fraction of sp³-hybridized carbons (Fsp3) is 0.222. The van der Waals surface area contributed by atoms with Gasteiger partial charge in [0.25, 0.3) is 0 Å². The van der Waals surface area contributed by atoms with E-state index in [2.05, 4.69) is 15.4 Å². The Hall–Kier alpha value is -2.07. The predicted octanol–water partition coefficient (Wildman–Crippen LogP) is 2.24. The molecule has 2 aromatic rings. The maximum Gasteiger partial charge on any atom is 0.240 e. The van der Waals surface area contributed by atoms with Crippen LogP contribution in [0.1, 0.15) is 6.42 Å². The van der Waals surface area contributed by atoms with Gasteiger partial charge in [-0.05, 0) is 30.3 Å². The van der Waals surface area contributed by atoms with Crippen molar-refractivity contribution in [2.75, 3.05) is 18.4 Å². The van der Waals surface area contributed by atoms with E-state index in [1.165, 1.54) is 23.9 Å². The summed E-state index contributed by atoms with van der Waals surface area (Å²) in [6.07, 6.45) is 0.00583. The summed E-state index contributed by atoms with van der Waals surface area (Å²) < 4.78 is 26.7. The van der Waals surface area contributed by atoms with Crippen LogP contribution in [0.5, 0.6) is 0 Å². The lowest BCUT2D eigenvalue weighted by molar-refractivity contribution is -0.124. The third kappa shape index (κ3) is 5.26. The first-order valence-electron chi connectivity index (χ1n) is 8.43. The minimum Gasteiger partial charge on any atom is -0.355 e. The number of anilines is 1. The molecule has 1 aliphatic rings. The lowest BCUT2D eigenvalue weighted by Gasteiger charge is -2.23. The zero-order valence-corrected chi connectivity index (χ0v) is 17.0. The minimum absolute atomic E-state index is 0.00583. The number of sulfonamides is 1. The third-order valence-corrected chi connectivity index (χ3v) is 6.89. The van der Waals surface area contributed by atoms with Gasteiger partial charge in [0.05, 0.1) is 15.8 Å². The molecule has 2 amide bonds. The van der Waals surface area contributed by atoms with Crippen LogP contribution in [-0.4, -0.2) is 38.6 Å². The van der Waals surface area contributed by atoms with Crippen LogP contribution in [0, 0.1) is 0 Å². The molecule has 1 atom stereocenters. The molecule has 1 unspecified atom stereocenters. The van der Waals surface area contributed by atoms with E-state index in [-0.39, 0.29) is 36.2 Å². The van der Waals surface area contributed by atoms with Crippen molar-refractivity contribution in [2.24, 2.45) is 0 Å². The Morgan fingerprint density at radius 1 is 1.14 bits per heavy atom. The number of hydrogen-bond donors (Lipinski definition) is 3. The average molecular weight is 440 g/mol. The molecule has 0 spiro atoms. The quantitative estimate of drug-likeness (QED) is 0.574. The average Bonchev–Trinajstić information content (AvgIpc) is 2.66. The van der Waals surface area contributed by atoms with Gasteiger partial charge in [0.15, 0.2) is 0 Å². The summed E-state index contributed by atoms with van der Waals surface area (Å²) in [4.78, 5) is 25.2. The van der Waals surface area contributed by atoms with Crippen molar-refractivity contribution < 1.29 is 18.0 Å². The van der Waals surface area contributed by atoms with Crippen LogP contribution in [0.3, 0.4) is 0 Å². The number of benzene rings is 2. The van der Waals surface area contributed by atoms with Gasteiger partial charge in [-0.1, -0.05) is 29.8 Å². The standard InChI is InChI=1S/C18H18ClN3O4S2/c19-12-4-3-5-13(10-12)28(25,26)21-9-8-20-17(23)11-16-18(24)22-14-6-1-2-7-15(14)27-16/h1-7,10,16,21H,8-9,11H2,(H,20,23)(H,22,24). The molecule has 0 aliphatic carbocycles. The Balaban J connectivity index is 1.46. The normalized spacial score (nSPS) is 16.2. The van der Waals surface area contributed by atoms with Gasteiger partial charge in [-0.15, -0.1) is 11.8 Å². The lowest BCUT2D eigenvalue weighted by Crippen LogP contribution is -2.38. The highest BCUT2D eigenvalue weighted by Gasteiger charge is 2.28. The largest absolute Gasteiger partial charge is 0.355 e. The Bertz CT molecular complexity index is 998. The van der Waals surface area contributed by atoms with Crippen LogP contribution in [0.2, 0.25) is 5.02 Å². The molecule has 1 heterocycles. The van der Waals surface area contributed by atoms with Crippen molar-refractivity contribution in [1.82, 2.24) is 10.0 Å². The van der Waals surface area contributed by atoms with E-state index in [1.807, 2.05) is 24.3 Å². The van der Waals surface area contributed by atoms with Crippen LogP contribution >= 0.6 is 23.4 Å². The first-order valence-corrected chi connectivity index (χ1v) is 11.2. The van der Waals surface area contributed by atoms with Crippen molar-refractivity contribution in [2.45, 2.75) is 21.5 Å². The number of hydrogen-bond acceptors (Lipinski definition) is 5. The molecule has 0 bridgehead atoms. The Morgan fingerprint density at radius 3 is 2.71 bits per heavy atom. The number of carbonyl (C=O) groups excluding carboxylic acids is 2. The Kier molecular flexibility index (Phi) is 6.61. The molecular formula is C18H18ClN3O4S2. The molecule has 3 N–H and O–H groups in total. The topological polar surface area (TPSA) is 104 Å². The molecule has 0 saturated carbocycles. The van der Waals surface area contributed by atoms with E-state index in [9.17, 15) is 18.0 Å². The summed E-state index contributed by atoms with van der Waals surface area (Å²) in [5, 5.41) is 5.20. The number of thioether (sulfide) groups is 1. The molecule has 148 valence electrons. The first-order chi connectivity index (χ1) is 13.3. The van der Waals surface area contributed by atoms with Crippen molar-refractivity contribution in [3.05, 3.63) is 53.6 Å². The molecular weight excluding hydrogens is 422 g/mol. The van der Waals surface area contributed by atoms with E-state index < -0.39 is 15.3 Å². The number of nitrogens with one attached hydrogen (secondary N) is 3. The number of amides is 2. The molecule has 0 radical (unpaired) electrons. The molecule has 0 saturated heterocycles. The maximum absolute atomic E-state index is 12.2. The fourth-order valence-electron chi connectivity index (χ4n) is 2.57. The van der Waals surface area contributed by atoms with Gasteiger partial charge in [-0.25, -0.2) is 13.1 Å². The van der Waals surface area contributed by atoms with Gasteiger partial charge < -0.3 is 10.6 Å². The predicted molar refractivity (Wildman–Crippen MR) is 109 cm³/mol. The molecule has 0 fully saturated rings. The summed E-state index contributed by atoms with van der Waals surface area (Å²) in [5.41, 5.74) is 0.740. The van der Waals surface area contributed by atoms with Crippen LogP contribution in [0.15, 0.2) is 58.3 Å². The second kappa shape index (κ2) is 8.95. The van der Waals surface area contributed by atoms with Gasteiger partial charge in [-0.2, -0.15) is 0 Å². The summed E-state index contributed by atoms with van der Waals surface area (Å²) in [7, 11) is -3.70. The van der Waals surface area contributed by atoms with Gasteiger partial charge in [-0.3, -0.25) is 9.59 Å². The zero-order chi connectivity index (χ0) is 20.1. The number of halogens is 1. The number of fused-ring (bicyclic) bond motifs is 1. The summed E-state index contributed by atoms with van der Waals surface area (Å²) in [5.74, 6) is -0.547. The van der Waals surface area contributed by atoms with Gasteiger partial charge >= 0.3 is 0 Å². The molecule has 7 nitrogen and oxygen atoms in total. The van der Waals surface area contributed by atoms with Crippen LogP contribution < -0.4 is 15.4 Å². The van der Waals surface area contributed by atoms with Crippen LogP contribution in [0.25, 0.3) is 0 Å². The Morgan fingerprint density at radius 2 is 1.93 bits per heavy atom. The number of rotatable bonds is 7. The summed E-state index contributed by atoms with van der Waals surface area (Å²) in [6, 6.07) is 13.3. The zero-order valence-electron chi connectivity index (χ0n) is 14.6. The monoisotopic (exact) mass is 439 g/mol. The molecule has 1 aliphatic heterocycles. The van der Waals surface area contributed by atoms with E-state index in [4.69, 9.17) is 11.6 Å². The molecule has 2 aromatic carbocycles. The second-order valence-electron chi connectivity index (χ2n) is 6.00. The lowest BCUT2D eigenvalue weighted by atomic mass is 10.2. The SMILES string of the molecule is O=C(CC1Sc2ccccc2NC1=O)NCCNS(=O)(=O)c1cccc(Cl)c1. The fourth-order valence-corrected chi connectivity index (χ4v) is 5.02. The number of carbonyl (C=O) groups is 2. The molecule has 10 heteroatoms. The van der Waals surface area contributed by atoms with Crippen LogP contribution in [0.4, 0.5) is 5.69 Å². The highest BCUT2D eigenvalue weighted by atomic mass is 35.5. The third-order valence-electron chi connectivity index (χ3n) is 3.92. The highest BCUT2D eigenvalue weighted by molar-refractivity contribution is 8.01. The minimum atomic E-state index is -3.70. The highest BCUT2D eigenvalue weighted by Crippen LogP contribution is 2.36. The summed E-state index contributed by atoms with van der Waals surface area (Å²) in [6.45, 7) is 0.127. The molecule has 0 aromatic heterocycles. The molecule has 28 heavy (non-hydrogen) atoms. The Labute approximate surface area is 172 Å². The van der Waals surface area contributed by atoms with Crippen molar-refractivity contribution >= 4 is 50.9 Å². The van der Waals surface area contributed by atoms with E-state index in [0.717, 1.165) is 10.6 Å². The first kappa shape index (κ1) is 20.7. The van der Waals surface area contributed by atoms with E-state index in [1.54, 1.807) is 12.1 Å². The van der Waals surface area contributed by atoms with Gasteiger partial charge in [0, 0.05) is 29.4 Å². The van der Waals surface area contributed by atoms with E-state index in [0.29, 0.717) is 5.02 Å².